The van der Waals surface area contributed by atoms with E-state index in [1.165, 1.54) is 0 Å². The topological polar surface area (TPSA) is 75.7 Å². The number of halogens is 1. The Labute approximate surface area is 205 Å². The SMILES string of the molecule is COc1cccc([C@H]2CN(C)[C@]3(C(=O)Nc4cc(Br)ccc43)C23C(=O)c2ccccc2C3=O)c1. The number of nitrogens with zero attached hydrogens (tertiary/aromatic N) is 1. The summed E-state index contributed by atoms with van der Waals surface area (Å²) < 4.78 is 6.25. The summed E-state index contributed by atoms with van der Waals surface area (Å²) in [5.41, 5.74) is -0.361. The fourth-order valence-corrected chi connectivity index (χ4v) is 6.77. The summed E-state index contributed by atoms with van der Waals surface area (Å²) in [6.07, 6.45) is 0. The van der Waals surface area contributed by atoms with Crippen LogP contribution in [0.4, 0.5) is 5.69 Å². The number of nitrogens with one attached hydrogen (secondary N) is 1. The van der Waals surface area contributed by atoms with Gasteiger partial charge in [-0.2, -0.15) is 0 Å². The molecule has 170 valence electrons. The Morgan fingerprint density at radius 2 is 1.68 bits per heavy atom. The van der Waals surface area contributed by atoms with E-state index >= 15 is 0 Å². The fraction of sp³-hybridized carbons (Fsp3) is 0.222. The molecule has 2 atom stereocenters. The van der Waals surface area contributed by atoms with Crippen molar-refractivity contribution >= 4 is 39.1 Å². The maximum atomic E-state index is 14.4. The van der Waals surface area contributed by atoms with Gasteiger partial charge in [-0.15, -0.1) is 0 Å². The van der Waals surface area contributed by atoms with Crippen molar-refractivity contribution in [3.63, 3.8) is 0 Å². The lowest BCUT2D eigenvalue weighted by atomic mass is 9.58. The van der Waals surface area contributed by atoms with E-state index < -0.39 is 16.9 Å². The maximum absolute atomic E-state index is 14.4. The molecule has 1 amide bonds. The highest BCUT2D eigenvalue weighted by Crippen LogP contribution is 2.66. The zero-order valence-electron chi connectivity index (χ0n) is 18.6. The van der Waals surface area contributed by atoms with Crippen molar-refractivity contribution < 1.29 is 19.1 Å². The molecule has 1 N–H and O–H groups in total. The van der Waals surface area contributed by atoms with Crippen molar-refractivity contribution in [1.82, 2.24) is 4.90 Å². The quantitative estimate of drug-likeness (QED) is 0.511. The molecule has 3 aromatic carbocycles. The van der Waals surface area contributed by atoms with E-state index in [1.54, 1.807) is 31.4 Å². The number of ketones is 2. The number of anilines is 1. The molecule has 1 saturated heterocycles. The van der Waals surface area contributed by atoms with E-state index in [-0.39, 0.29) is 17.5 Å². The number of hydrogen-bond donors (Lipinski definition) is 1. The lowest BCUT2D eigenvalue weighted by Crippen LogP contribution is -2.60. The molecule has 1 fully saturated rings. The molecule has 6 nitrogen and oxygen atoms in total. The Hall–Kier alpha value is -3.29. The van der Waals surface area contributed by atoms with E-state index in [4.69, 9.17) is 4.74 Å². The summed E-state index contributed by atoms with van der Waals surface area (Å²) in [4.78, 5) is 44.7. The van der Waals surface area contributed by atoms with Crippen LogP contribution in [0.3, 0.4) is 0 Å². The van der Waals surface area contributed by atoms with Gasteiger partial charge in [0.1, 0.15) is 16.7 Å². The number of hydrogen-bond acceptors (Lipinski definition) is 5. The molecule has 1 aliphatic carbocycles. The first-order valence-electron chi connectivity index (χ1n) is 11.0. The molecule has 7 heteroatoms. The molecule has 0 saturated carbocycles. The fourth-order valence-electron chi connectivity index (χ4n) is 6.41. The van der Waals surface area contributed by atoms with E-state index in [0.29, 0.717) is 34.7 Å². The van der Waals surface area contributed by atoms with Gasteiger partial charge in [0.25, 0.3) is 5.91 Å². The molecule has 3 aliphatic rings. The van der Waals surface area contributed by atoms with Gasteiger partial charge in [0, 0.05) is 39.3 Å². The molecule has 3 aromatic rings. The van der Waals surface area contributed by atoms with Crippen LogP contribution in [0.1, 0.15) is 37.8 Å². The largest absolute Gasteiger partial charge is 0.497 e. The third-order valence-electron chi connectivity index (χ3n) is 7.70. The highest BCUT2D eigenvalue weighted by molar-refractivity contribution is 9.10. The minimum atomic E-state index is -1.65. The van der Waals surface area contributed by atoms with E-state index in [9.17, 15) is 14.4 Å². The first kappa shape index (κ1) is 21.3. The molecule has 0 radical (unpaired) electrons. The van der Waals surface area contributed by atoms with Crippen LogP contribution in [0.5, 0.6) is 5.75 Å². The van der Waals surface area contributed by atoms with Crippen LogP contribution in [-0.2, 0) is 10.3 Å². The Morgan fingerprint density at radius 3 is 2.35 bits per heavy atom. The van der Waals surface area contributed by atoms with Gasteiger partial charge in [0.05, 0.1) is 7.11 Å². The van der Waals surface area contributed by atoms with Crippen molar-refractivity contribution in [1.29, 1.82) is 0 Å². The molecule has 0 aromatic heterocycles. The van der Waals surface area contributed by atoms with E-state index in [2.05, 4.69) is 21.2 Å². The normalized spacial score (nSPS) is 24.6. The number of carbonyl (C=O) groups excluding carboxylic acids is 3. The van der Waals surface area contributed by atoms with Gasteiger partial charge in [-0.3, -0.25) is 19.3 Å². The standard InChI is InChI=1S/C27H21BrN2O4/c1-30-14-21(15-6-5-7-17(12-15)34-2)26(23(31)18-8-3-4-9-19(18)24(26)32)27(30)20-11-10-16(28)13-22(20)29-25(27)33/h3-13,21H,14H2,1-2H3,(H,29,33)/t21-,27-/m1/s1. The van der Waals surface area contributed by atoms with Gasteiger partial charge in [0.15, 0.2) is 11.6 Å². The van der Waals surface area contributed by atoms with Gasteiger partial charge in [-0.1, -0.05) is 58.4 Å². The average molecular weight is 517 g/mol. The summed E-state index contributed by atoms with van der Waals surface area (Å²) in [5, 5.41) is 2.98. The van der Waals surface area contributed by atoms with Crippen LogP contribution < -0.4 is 10.1 Å². The van der Waals surface area contributed by atoms with Gasteiger partial charge in [-0.25, -0.2) is 0 Å². The van der Waals surface area contributed by atoms with Crippen LogP contribution in [0.15, 0.2) is 71.2 Å². The lowest BCUT2D eigenvalue weighted by Gasteiger charge is -2.42. The maximum Gasteiger partial charge on any atom is 0.251 e. The Morgan fingerprint density at radius 1 is 0.971 bits per heavy atom. The number of amides is 1. The summed E-state index contributed by atoms with van der Waals surface area (Å²) in [6.45, 7) is 0.349. The second-order valence-corrected chi connectivity index (χ2v) is 9.99. The van der Waals surface area contributed by atoms with Gasteiger partial charge in [0.2, 0.25) is 0 Å². The summed E-state index contributed by atoms with van der Waals surface area (Å²) in [5.74, 6) is -0.900. The molecule has 2 aliphatic heterocycles. The summed E-state index contributed by atoms with van der Waals surface area (Å²) in [6, 6.07) is 19.8. The minimum Gasteiger partial charge on any atom is -0.497 e. The number of ether oxygens (including phenoxy) is 1. The summed E-state index contributed by atoms with van der Waals surface area (Å²) >= 11 is 3.47. The average Bonchev–Trinajstić information content (AvgIpc) is 3.38. The van der Waals surface area contributed by atoms with Crippen LogP contribution in [0.2, 0.25) is 0 Å². The lowest BCUT2D eigenvalue weighted by molar-refractivity contribution is -0.128. The summed E-state index contributed by atoms with van der Waals surface area (Å²) in [7, 11) is 3.40. The smallest absolute Gasteiger partial charge is 0.251 e. The van der Waals surface area contributed by atoms with E-state index in [0.717, 1.165) is 10.0 Å². The first-order valence-corrected chi connectivity index (χ1v) is 11.8. The van der Waals surface area contributed by atoms with Crippen LogP contribution in [-0.4, -0.2) is 43.1 Å². The molecule has 2 heterocycles. The molecule has 2 spiro atoms. The Kier molecular flexibility index (Phi) is 4.44. The number of rotatable bonds is 2. The van der Waals surface area contributed by atoms with Crippen LogP contribution >= 0.6 is 15.9 Å². The molecule has 0 bridgehead atoms. The predicted molar refractivity (Wildman–Crippen MR) is 130 cm³/mol. The number of fused-ring (bicyclic) bond motifs is 4. The number of likely N-dealkylation sites (tertiary alicyclic amines) is 1. The number of methoxy groups -OCH3 is 1. The van der Waals surface area contributed by atoms with Crippen molar-refractivity contribution in [2.45, 2.75) is 11.5 Å². The first-order chi connectivity index (χ1) is 16.4. The van der Waals surface area contributed by atoms with E-state index in [1.807, 2.05) is 54.4 Å². The molecular weight excluding hydrogens is 496 g/mol. The number of Topliss-reactive ketones (excluding diaryl/α,β-unsaturated/α-hetero) is 2. The highest BCUT2D eigenvalue weighted by atomic mass is 79.9. The van der Waals surface area contributed by atoms with Crippen LogP contribution in [0, 0.1) is 5.41 Å². The third-order valence-corrected chi connectivity index (χ3v) is 8.19. The zero-order valence-corrected chi connectivity index (χ0v) is 20.2. The monoisotopic (exact) mass is 516 g/mol. The zero-order chi connectivity index (χ0) is 23.8. The Balaban J connectivity index is 1.71. The second-order valence-electron chi connectivity index (χ2n) is 9.08. The van der Waals surface area contributed by atoms with Crippen LogP contribution in [0.25, 0.3) is 0 Å². The van der Waals surface area contributed by atoms with Crippen molar-refractivity contribution in [3.8, 4) is 5.75 Å². The van der Waals surface area contributed by atoms with Crippen molar-refractivity contribution in [2.24, 2.45) is 5.41 Å². The second kappa shape index (κ2) is 7.10. The predicted octanol–water partition coefficient (Wildman–Crippen LogP) is 4.40. The number of likely N-dealkylation sites (N-methyl/N-ethyl adjacent to an activating group) is 1. The highest BCUT2D eigenvalue weighted by Gasteiger charge is 2.78. The third kappa shape index (κ3) is 2.31. The molecular formula is C27H21BrN2O4. The molecule has 34 heavy (non-hydrogen) atoms. The van der Waals surface area contributed by atoms with Gasteiger partial charge >= 0.3 is 0 Å². The number of benzene rings is 3. The van der Waals surface area contributed by atoms with Crippen molar-refractivity contribution in [2.75, 3.05) is 26.0 Å². The van der Waals surface area contributed by atoms with Gasteiger partial charge < -0.3 is 10.1 Å². The van der Waals surface area contributed by atoms with Crippen molar-refractivity contribution in [3.05, 3.63) is 93.5 Å². The van der Waals surface area contributed by atoms with Gasteiger partial charge in [-0.05, 0) is 36.9 Å². The Bertz CT molecular complexity index is 1380. The minimum absolute atomic E-state index is 0.309. The number of carbonyl (C=O) groups is 3. The molecule has 0 unspecified atom stereocenters. The molecule has 6 rings (SSSR count).